The highest BCUT2D eigenvalue weighted by atomic mass is 35.5. The molecule has 0 spiro atoms. The van der Waals surface area contributed by atoms with E-state index in [1.807, 2.05) is 11.9 Å². The number of halogens is 4. The van der Waals surface area contributed by atoms with E-state index in [4.69, 9.17) is 39.1 Å². The first-order valence-corrected chi connectivity index (χ1v) is 24.2. The number of aromatic nitrogens is 8. The monoisotopic (exact) mass is 1050 g/mol. The first kappa shape index (κ1) is 52.6. The van der Waals surface area contributed by atoms with Crippen molar-refractivity contribution in [1.82, 2.24) is 39.9 Å². The zero-order valence-electron chi connectivity index (χ0n) is 38.6. The Morgan fingerprint density at radius 1 is 0.671 bits per heavy atom. The van der Waals surface area contributed by atoms with Crippen molar-refractivity contribution < 1.29 is 32.6 Å². The van der Waals surface area contributed by atoms with Crippen LogP contribution in [0.5, 0.6) is 23.0 Å². The fourth-order valence-electron chi connectivity index (χ4n) is 6.41. The molecule has 6 aromatic heterocycles. The normalized spacial score (nSPS) is 10.9. The van der Waals surface area contributed by atoms with Crippen LogP contribution in [0.1, 0.15) is 71.1 Å². The second kappa shape index (κ2) is 25.8. The van der Waals surface area contributed by atoms with Gasteiger partial charge in [0.1, 0.15) is 51.9 Å². The van der Waals surface area contributed by atoms with Gasteiger partial charge >= 0.3 is 0 Å². The van der Waals surface area contributed by atoms with Crippen molar-refractivity contribution in [3.63, 3.8) is 0 Å². The van der Waals surface area contributed by atoms with E-state index in [0.717, 1.165) is 11.4 Å². The topological polar surface area (TPSA) is 176 Å². The third-order valence-electron chi connectivity index (χ3n) is 9.97. The average molecular weight is 1050 g/mol. The van der Waals surface area contributed by atoms with E-state index in [1.165, 1.54) is 79.0 Å². The van der Waals surface area contributed by atoms with Crippen LogP contribution in [0.25, 0.3) is 0 Å². The lowest BCUT2D eigenvalue weighted by Gasteiger charge is -2.19. The van der Waals surface area contributed by atoms with Gasteiger partial charge in [0.05, 0.1) is 61.6 Å². The number of ketones is 3. The Labute approximate surface area is 435 Å². The number of terminal acetylenes is 1. The van der Waals surface area contributed by atoms with E-state index >= 15 is 0 Å². The first-order chi connectivity index (χ1) is 35.3. The Hall–Kier alpha value is -8.21. The standard InChI is InChI=1S/C20H15ClN4O.C17H13ClFN3O2S.C16H11FN2O2S/c1-3-14-4-5-17(24-10-14)9-20(26)15-6-16(21)8-18(7-15)25(2)19-11-22-13-23-12-19;1-10(19)15-8-25-17(22-15)5-16(23)11-2-12(18)4-13(3-11)24-14-6-20-9-21-7-14;17-12-6-11(15(20)9-16-19-4-5-22-16)7-14(8-12)21-13-2-1-3-18-10-13/h1,4-8,10-13H,9H2,2H3;2-4,6-10H,5H2,1H3;1-8,10H,9H2. The lowest BCUT2D eigenvalue weighted by Crippen LogP contribution is -2.12. The number of ether oxygens (including phenoxy) is 2. The molecule has 20 heteroatoms. The maximum Gasteiger partial charge on any atom is 0.169 e. The van der Waals surface area contributed by atoms with Gasteiger partial charge in [-0.25, -0.2) is 38.7 Å². The van der Waals surface area contributed by atoms with Crippen LogP contribution in [0.4, 0.5) is 20.2 Å². The molecule has 0 saturated heterocycles. The van der Waals surface area contributed by atoms with Crippen LogP contribution in [0.3, 0.4) is 0 Å². The molecule has 366 valence electrons. The zero-order valence-corrected chi connectivity index (χ0v) is 41.7. The Morgan fingerprint density at radius 2 is 1.30 bits per heavy atom. The van der Waals surface area contributed by atoms with E-state index in [1.54, 1.807) is 102 Å². The summed E-state index contributed by atoms with van der Waals surface area (Å²) in [6, 6.07) is 20.9. The Kier molecular flexibility index (Phi) is 18.6. The van der Waals surface area contributed by atoms with Gasteiger partial charge in [0.25, 0.3) is 0 Å². The molecule has 0 N–H and O–H groups in total. The Morgan fingerprint density at radius 3 is 1.93 bits per heavy atom. The molecule has 0 amide bonds. The number of Topliss-reactive ketones (excluding diaryl/α,β-unsaturated/α-hetero) is 3. The third-order valence-corrected chi connectivity index (χ3v) is 12.1. The molecule has 9 rings (SSSR count). The fraction of sp³-hybridized carbons (Fsp3) is 0.113. The molecule has 6 heterocycles. The highest BCUT2D eigenvalue weighted by Crippen LogP contribution is 2.30. The lowest BCUT2D eigenvalue weighted by atomic mass is 10.0. The number of nitrogens with zero attached hydrogens (tertiary/aromatic N) is 9. The molecule has 0 saturated carbocycles. The van der Waals surface area contributed by atoms with Gasteiger partial charge in [-0.1, -0.05) is 29.1 Å². The van der Waals surface area contributed by atoms with Crippen LogP contribution < -0.4 is 14.4 Å². The number of anilines is 2. The van der Waals surface area contributed by atoms with Crippen molar-refractivity contribution in [1.29, 1.82) is 0 Å². The number of hydrogen-bond acceptors (Lipinski definition) is 16. The quantitative estimate of drug-likeness (QED) is 0.0660. The molecular formula is C53H39Cl2F2N9O5S2. The van der Waals surface area contributed by atoms with Gasteiger partial charge in [0, 0.05) is 86.1 Å². The first-order valence-electron chi connectivity index (χ1n) is 21.7. The number of thiazole rings is 2. The van der Waals surface area contributed by atoms with Gasteiger partial charge in [-0.05, 0) is 79.7 Å². The highest BCUT2D eigenvalue weighted by molar-refractivity contribution is 7.10. The number of carbonyl (C=O) groups excluding carboxylic acids is 3. The van der Waals surface area contributed by atoms with Gasteiger partial charge in [0.2, 0.25) is 0 Å². The minimum Gasteiger partial charge on any atom is -0.456 e. The Balaban J connectivity index is 0.000000161. The van der Waals surface area contributed by atoms with E-state index in [2.05, 4.69) is 45.8 Å². The van der Waals surface area contributed by atoms with Crippen molar-refractivity contribution in [3.8, 4) is 35.3 Å². The number of rotatable bonds is 16. The summed E-state index contributed by atoms with van der Waals surface area (Å²) in [5, 5.41) is 5.52. The summed E-state index contributed by atoms with van der Waals surface area (Å²) in [4.78, 5) is 71.3. The summed E-state index contributed by atoms with van der Waals surface area (Å²) >= 11 is 15.0. The molecule has 9 aromatic rings. The second-order valence-electron chi connectivity index (χ2n) is 15.4. The number of pyridine rings is 2. The van der Waals surface area contributed by atoms with Crippen LogP contribution in [0.15, 0.2) is 152 Å². The molecule has 1 unspecified atom stereocenters. The second-order valence-corrected chi connectivity index (χ2v) is 18.2. The van der Waals surface area contributed by atoms with Crippen molar-refractivity contribution in [2.75, 3.05) is 11.9 Å². The van der Waals surface area contributed by atoms with Crippen LogP contribution in [-0.4, -0.2) is 64.3 Å². The molecular weight excluding hydrogens is 1020 g/mol. The van der Waals surface area contributed by atoms with Crippen molar-refractivity contribution in [2.24, 2.45) is 0 Å². The Bertz CT molecular complexity index is 3340. The molecule has 0 aliphatic heterocycles. The van der Waals surface area contributed by atoms with Gasteiger partial charge in [-0.3, -0.25) is 24.4 Å². The third kappa shape index (κ3) is 15.9. The summed E-state index contributed by atoms with van der Waals surface area (Å²) in [6.07, 6.45) is 20.1. The smallest absolute Gasteiger partial charge is 0.169 e. The van der Waals surface area contributed by atoms with Crippen molar-refractivity contribution in [3.05, 3.63) is 211 Å². The zero-order chi connectivity index (χ0) is 51.7. The van der Waals surface area contributed by atoms with Crippen molar-refractivity contribution >= 4 is 74.6 Å². The summed E-state index contributed by atoms with van der Waals surface area (Å²) in [5.41, 5.74) is 4.40. The largest absolute Gasteiger partial charge is 0.456 e. The van der Waals surface area contributed by atoms with Crippen LogP contribution in [-0.2, 0) is 19.3 Å². The molecule has 0 aliphatic carbocycles. The summed E-state index contributed by atoms with van der Waals surface area (Å²) in [7, 11) is 1.86. The van der Waals surface area contributed by atoms with E-state index < -0.39 is 12.0 Å². The molecule has 1 atom stereocenters. The maximum atomic E-state index is 13.7. The fourth-order valence-corrected chi connectivity index (χ4v) is 8.35. The van der Waals surface area contributed by atoms with Gasteiger partial charge in [-0.2, -0.15) is 0 Å². The molecule has 3 aromatic carbocycles. The molecule has 0 fully saturated rings. The van der Waals surface area contributed by atoms with Gasteiger partial charge in [-0.15, -0.1) is 29.1 Å². The van der Waals surface area contributed by atoms with Gasteiger partial charge in [0.15, 0.2) is 23.1 Å². The van der Waals surface area contributed by atoms with Crippen LogP contribution in [0.2, 0.25) is 10.0 Å². The molecule has 73 heavy (non-hydrogen) atoms. The lowest BCUT2D eigenvalue weighted by molar-refractivity contribution is 0.0984. The summed E-state index contributed by atoms with van der Waals surface area (Å²) in [6.45, 7) is 1.41. The predicted molar refractivity (Wildman–Crippen MR) is 276 cm³/mol. The van der Waals surface area contributed by atoms with Gasteiger partial charge < -0.3 is 14.4 Å². The van der Waals surface area contributed by atoms with E-state index in [9.17, 15) is 23.2 Å². The molecule has 0 bridgehead atoms. The van der Waals surface area contributed by atoms with E-state index in [0.29, 0.717) is 65.4 Å². The van der Waals surface area contributed by atoms with Crippen LogP contribution >= 0.6 is 45.9 Å². The summed E-state index contributed by atoms with van der Waals surface area (Å²) in [5.74, 6) is 3.10. The molecule has 0 radical (unpaired) electrons. The molecule has 0 aliphatic rings. The minimum atomic E-state index is -1.15. The number of carbonyl (C=O) groups is 3. The van der Waals surface area contributed by atoms with Crippen molar-refractivity contribution in [2.45, 2.75) is 32.4 Å². The SMILES string of the molecule is C#Cc1ccc(CC(=O)c2cc(Cl)cc(N(C)c3cncnc3)c2)nc1.CC(F)c1csc(CC(=O)c2cc(Cl)cc(Oc3cncnc3)c2)n1.O=C(Cc1nccs1)c1cc(F)cc(Oc2cccnc2)c1. The van der Waals surface area contributed by atoms with E-state index in [-0.39, 0.29) is 47.9 Å². The minimum absolute atomic E-state index is 0.0750. The maximum absolute atomic E-state index is 13.7. The highest BCUT2D eigenvalue weighted by Gasteiger charge is 2.17. The molecule has 14 nitrogen and oxygen atoms in total. The number of benzene rings is 3. The average Bonchev–Trinajstić information content (AvgIpc) is 4.10. The number of alkyl halides is 1. The van der Waals surface area contributed by atoms with Crippen LogP contribution in [0, 0.1) is 18.2 Å². The predicted octanol–water partition coefficient (Wildman–Crippen LogP) is 12.4. The summed E-state index contributed by atoms with van der Waals surface area (Å²) < 4.78 is 38.1. The number of hydrogen-bond donors (Lipinski definition) is 0.